The lowest BCUT2D eigenvalue weighted by atomic mass is 9.66. The summed E-state index contributed by atoms with van der Waals surface area (Å²) in [7, 11) is 2.46. The molecule has 5 unspecified atom stereocenters. The number of benzene rings is 1. The fourth-order valence-corrected chi connectivity index (χ4v) is 10.0. The monoisotopic (exact) mass is 834 g/mol. The van der Waals surface area contributed by atoms with Crippen LogP contribution in [0.1, 0.15) is 157 Å². The molecule has 0 spiro atoms. The molecule has 1 heterocycles. The van der Waals surface area contributed by atoms with Gasteiger partial charge >= 0.3 is 0 Å². The Labute approximate surface area is 377 Å². The largest absolute Gasteiger partial charge is 0.379 e. The van der Waals surface area contributed by atoms with Crippen molar-refractivity contribution in [3.63, 3.8) is 0 Å². The molecule has 2 aromatic rings. The number of thiophene rings is 1. The van der Waals surface area contributed by atoms with E-state index in [9.17, 15) is 0 Å². The highest BCUT2D eigenvalue weighted by molar-refractivity contribution is 7.28. The Bertz CT molecular complexity index is 2130. The smallest absolute Gasteiger partial charge is 0.207 e. The average molecular weight is 834 g/mol. The number of unbranched alkanes of at least 4 members (excludes halogenated alkanes) is 1. The number of anilines is 1. The molecule has 0 fully saturated rings. The number of allylic oxidation sites excluding steroid dienone is 16. The molecule has 0 saturated carbocycles. The first-order valence-corrected chi connectivity index (χ1v) is 24.5. The zero-order valence-corrected chi connectivity index (χ0v) is 40.8. The highest BCUT2D eigenvalue weighted by Crippen LogP contribution is 2.44. The maximum atomic E-state index is 3.91. The lowest BCUT2D eigenvalue weighted by Crippen LogP contribution is -2.36. The molecule has 4 heteroatoms. The first-order chi connectivity index (χ1) is 29.3. The maximum Gasteiger partial charge on any atom is 0.207 e. The summed E-state index contributed by atoms with van der Waals surface area (Å²) in [6.45, 7) is 27.4. The van der Waals surface area contributed by atoms with E-state index in [0.717, 1.165) is 19.3 Å². The molecule has 5 atom stereocenters. The van der Waals surface area contributed by atoms with E-state index in [2.05, 4.69) is 216 Å². The van der Waals surface area contributed by atoms with Gasteiger partial charge in [0.2, 0.25) is 7.28 Å². The molecule has 2 nitrogen and oxygen atoms in total. The van der Waals surface area contributed by atoms with Gasteiger partial charge in [0.25, 0.3) is 0 Å². The lowest BCUT2D eigenvalue weighted by Gasteiger charge is -2.33. The van der Waals surface area contributed by atoms with Gasteiger partial charge in [0.1, 0.15) is 0 Å². The third kappa shape index (κ3) is 13.2. The van der Waals surface area contributed by atoms with Gasteiger partial charge in [-0.15, -0.1) is 11.3 Å². The van der Waals surface area contributed by atoms with Gasteiger partial charge in [0.15, 0.2) is 0 Å². The second-order valence-corrected chi connectivity index (χ2v) is 20.3. The van der Waals surface area contributed by atoms with Gasteiger partial charge in [-0.2, -0.15) is 0 Å². The van der Waals surface area contributed by atoms with Gasteiger partial charge < -0.3 is 10.2 Å². The molecule has 5 rings (SSSR count). The molecule has 1 aromatic heterocycles. The molecular formula is C57H78BN2S. The fraction of sp³-hybridized carbons (Fsp3) is 0.474. The summed E-state index contributed by atoms with van der Waals surface area (Å²) < 4.78 is 2.71. The van der Waals surface area contributed by atoms with E-state index in [1.807, 2.05) is 11.3 Å². The zero-order chi connectivity index (χ0) is 44.1. The Morgan fingerprint density at radius 3 is 2.34 bits per heavy atom. The van der Waals surface area contributed by atoms with Crippen LogP contribution < -0.4 is 15.0 Å². The summed E-state index contributed by atoms with van der Waals surface area (Å²) in [4.78, 5) is 2.61. The van der Waals surface area contributed by atoms with Crippen molar-refractivity contribution < 1.29 is 0 Å². The van der Waals surface area contributed by atoms with E-state index in [4.69, 9.17) is 0 Å². The third-order valence-electron chi connectivity index (χ3n) is 12.9. The van der Waals surface area contributed by atoms with Gasteiger partial charge in [0.05, 0.1) is 11.7 Å². The van der Waals surface area contributed by atoms with E-state index in [0.29, 0.717) is 23.7 Å². The molecule has 61 heavy (non-hydrogen) atoms. The first-order valence-electron chi connectivity index (χ1n) is 23.7. The molecule has 0 amide bonds. The Morgan fingerprint density at radius 1 is 0.951 bits per heavy atom. The van der Waals surface area contributed by atoms with Crippen LogP contribution in [-0.4, -0.2) is 19.4 Å². The predicted molar refractivity (Wildman–Crippen MR) is 276 cm³/mol. The van der Waals surface area contributed by atoms with Crippen molar-refractivity contribution in [3.05, 3.63) is 155 Å². The SMILES string of the molecule is C\C=C/C(/C=C/C(=C\C=C\N(c1c([B]C(/C=C\CC(C)CCCC)=C/C)sc2cc3c(cc12)C(C)CCC3C)C1C=C(NC2C=CC(C(C)C)=CC2)C=CC1)C(C)(C)C)=C\C. The first kappa shape index (κ1) is 48.0. The second kappa shape index (κ2) is 22.9. The maximum absolute atomic E-state index is 3.91. The van der Waals surface area contributed by atoms with Crippen molar-refractivity contribution in [2.45, 2.75) is 158 Å². The van der Waals surface area contributed by atoms with Gasteiger partial charge in [-0.1, -0.05) is 166 Å². The Morgan fingerprint density at radius 2 is 1.70 bits per heavy atom. The van der Waals surface area contributed by atoms with E-state index in [1.54, 1.807) is 5.56 Å². The average Bonchev–Trinajstić information content (AvgIpc) is 3.58. The van der Waals surface area contributed by atoms with Crippen molar-refractivity contribution in [2.24, 2.45) is 17.3 Å². The van der Waals surface area contributed by atoms with Crippen LogP contribution in [0.5, 0.6) is 0 Å². The van der Waals surface area contributed by atoms with Crippen molar-refractivity contribution >= 4 is 39.2 Å². The molecule has 3 aliphatic rings. The number of nitrogens with zero attached hydrogens (tertiary/aromatic N) is 1. The van der Waals surface area contributed by atoms with E-state index < -0.39 is 0 Å². The molecule has 3 aliphatic carbocycles. The molecule has 1 aromatic carbocycles. The van der Waals surface area contributed by atoms with Crippen LogP contribution in [0.15, 0.2) is 143 Å². The molecule has 0 aliphatic heterocycles. The van der Waals surface area contributed by atoms with Crippen LogP contribution in [0.3, 0.4) is 0 Å². The molecule has 1 radical (unpaired) electrons. The normalized spacial score (nSPS) is 22.3. The van der Waals surface area contributed by atoms with E-state index in [-0.39, 0.29) is 17.5 Å². The molecule has 0 bridgehead atoms. The number of hydrogen-bond acceptors (Lipinski definition) is 3. The van der Waals surface area contributed by atoms with Crippen molar-refractivity contribution in [1.82, 2.24) is 5.32 Å². The summed E-state index contributed by atoms with van der Waals surface area (Å²) >= 11 is 1.97. The fourth-order valence-electron chi connectivity index (χ4n) is 8.81. The number of hydrogen-bond donors (Lipinski definition) is 1. The number of fused-ring (bicyclic) bond motifs is 2. The number of rotatable bonds is 18. The minimum atomic E-state index is -0.0243. The Kier molecular flexibility index (Phi) is 18.0. The van der Waals surface area contributed by atoms with Gasteiger partial charge in [-0.3, -0.25) is 0 Å². The highest BCUT2D eigenvalue weighted by atomic mass is 32.1. The summed E-state index contributed by atoms with van der Waals surface area (Å²) in [5, 5.41) is 5.28. The topological polar surface area (TPSA) is 15.3 Å². The Hall–Kier alpha value is -4.02. The highest BCUT2D eigenvalue weighted by Gasteiger charge is 2.29. The summed E-state index contributed by atoms with van der Waals surface area (Å²) in [5.41, 5.74) is 10.8. The van der Waals surface area contributed by atoms with Crippen molar-refractivity contribution in [2.75, 3.05) is 4.90 Å². The summed E-state index contributed by atoms with van der Waals surface area (Å²) in [5.74, 6) is 2.39. The van der Waals surface area contributed by atoms with Gasteiger partial charge in [-0.25, -0.2) is 0 Å². The number of nitrogens with one attached hydrogen (secondary N) is 1. The minimum absolute atomic E-state index is 0.0243. The summed E-state index contributed by atoms with van der Waals surface area (Å²) in [6, 6.07) is 5.56. The van der Waals surface area contributed by atoms with Crippen LogP contribution in [-0.2, 0) is 0 Å². The Balaban J connectivity index is 1.65. The van der Waals surface area contributed by atoms with Crippen LogP contribution in [0.25, 0.3) is 10.1 Å². The van der Waals surface area contributed by atoms with Crippen molar-refractivity contribution in [3.8, 4) is 0 Å². The quantitative estimate of drug-likeness (QED) is 0.119. The van der Waals surface area contributed by atoms with Gasteiger partial charge in [0, 0.05) is 28.0 Å². The molecule has 325 valence electrons. The molecular weight excluding hydrogens is 756 g/mol. The zero-order valence-electron chi connectivity index (χ0n) is 40.0. The van der Waals surface area contributed by atoms with Crippen LogP contribution in [0.2, 0.25) is 0 Å². The third-order valence-corrected chi connectivity index (χ3v) is 14.0. The lowest BCUT2D eigenvalue weighted by molar-refractivity contribution is 0.512. The predicted octanol–water partition coefficient (Wildman–Crippen LogP) is 16.0. The molecule has 0 saturated heterocycles. The van der Waals surface area contributed by atoms with E-state index in [1.165, 1.54) is 86.1 Å². The minimum Gasteiger partial charge on any atom is -0.379 e. The van der Waals surface area contributed by atoms with Crippen LogP contribution in [0.4, 0.5) is 5.69 Å². The van der Waals surface area contributed by atoms with Crippen molar-refractivity contribution in [1.29, 1.82) is 0 Å². The van der Waals surface area contributed by atoms with Crippen LogP contribution in [0, 0.1) is 17.3 Å². The van der Waals surface area contributed by atoms with Gasteiger partial charge in [-0.05, 0) is 145 Å². The summed E-state index contributed by atoms with van der Waals surface area (Å²) in [6.07, 6.45) is 48.7. The van der Waals surface area contributed by atoms with E-state index >= 15 is 0 Å². The second-order valence-electron chi connectivity index (χ2n) is 19.3. The standard InChI is InChI=1S/C57H78BN2S/c1-13-17-22-41(7)23-18-25-47(16-4)58-56-55(53-38-51-42(8)28-29-43(9)52(51)39-54(53)61-56)60(36-20-24-46(57(10,11)12)33-30-44(15-3)21-14-2)50-27-19-26-49(37-50)59-48-34-31-45(32-35-48)40(5)6/h14-16,18-21,24-26,30-34,36-43,48,50,59H,13,17,22-23,27-29,35H2,1-12H3/b21-14-,25-18-,33-30+,36-20+,44-15+,46-24+,47-16+. The van der Waals surface area contributed by atoms with Crippen LogP contribution >= 0.6 is 11.3 Å². The molecule has 1 N–H and O–H groups in total.